The molecule has 116 valence electrons. The minimum atomic E-state index is 0.165. The molecule has 0 radical (unpaired) electrons. The largest absolute Gasteiger partial charge is 0.379 e. The molecule has 1 amide bonds. The molecule has 2 rings (SSSR count). The Kier molecular flexibility index (Phi) is 6.26. The van der Waals surface area contributed by atoms with Crippen LogP contribution >= 0.6 is 0 Å². The van der Waals surface area contributed by atoms with Crippen molar-refractivity contribution in [2.75, 3.05) is 39.4 Å². The van der Waals surface area contributed by atoms with E-state index in [1.807, 2.05) is 0 Å². The summed E-state index contributed by atoms with van der Waals surface area (Å²) in [5.74, 6) is 0.808. The van der Waals surface area contributed by atoms with Gasteiger partial charge >= 0.3 is 0 Å². The number of carbonyl (C=O) groups is 1. The molecule has 1 saturated carbocycles. The molecule has 3 N–H and O–H groups in total. The molecule has 1 aliphatic heterocycles. The van der Waals surface area contributed by atoms with Gasteiger partial charge in [-0.3, -0.25) is 9.69 Å². The SMILES string of the molecule is CC1CC(N)CCC1C(=O)NCCCN1CCOCC1. The maximum atomic E-state index is 12.2. The van der Waals surface area contributed by atoms with Crippen LogP contribution in [0.2, 0.25) is 0 Å². The van der Waals surface area contributed by atoms with Crippen LogP contribution in [0.3, 0.4) is 0 Å². The third-order valence-corrected chi connectivity index (χ3v) is 4.60. The van der Waals surface area contributed by atoms with Gasteiger partial charge in [-0.05, 0) is 38.1 Å². The molecule has 20 heavy (non-hydrogen) atoms. The van der Waals surface area contributed by atoms with Crippen LogP contribution in [0.15, 0.2) is 0 Å². The van der Waals surface area contributed by atoms with E-state index in [9.17, 15) is 4.79 Å². The summed E-state index contributed by atoms with van der Waals surface area (Å²) in [5, 5.41) is 3.10. The van der Waals surface area contributed by atoms with E-state index in [0.29, 0.717) is 5.92 Å². The van der Waals surface area contributed by atoms with Crippen molar-refractivity contribution in [2.45, 2.75) is 38.6 Å². The van der Waals surface area contributed by atoms with Gasteiger partial charge in [0.2, 0.25) is 5.91 Å². The molecule has 2 fully saturated rings. The number of morpholine rings is 1. The summed E-state index contributed by atoms with van der Waals surface area (Å²) >= 11 is 0. The molecule has 1 aliphatic carbocycles. The number of ether oxygens (including phenoxy) is 1. The van der Waals surface area contributed by atoms with Gasteiger partial charge in [0.15, 0.2) is 0 Å². The summed E-state index contributed by atoms with van der Waals surface area (Å²) in [7, 11) is 0. The fraction of sp³-hybridized carbons (Fsp3) is 0.933. The molecule has 3 atom stereocenters. The van der Waals surface area contributed by atoms with Crippen LogP contribution in [-0.4, -0.2) is 56.2 Å². The first-order chi connectivity index (χ1) is 9.66. The summed E-state index contributed by atoms with van der Waals surface area (Å²) in [5.41, 5.74) is 5.94. The van der Waals surface area contributed by atoms with Crippen molar-refractivity contribution < 1.29 is 9.53 Å². The van der Waals surface area contributed by atoms with Gasteiger partial charge in [0.25, 0.3) is 0 Å². The van der Waals surface area contributed by atoms with Gasteiger partial charge in [0.1, 0.15) is 0 Å². The summed E-state index contributed by atoms with van der Waals surface area (Å²) < 4.78 is 5.32. The van der Waals surface area contributed by atoms with Gasteiger partial charge in [-0.15, -0.1) is 0 Å². The Bertz CT molecular complexity index is 305. The highest BCUT2D eigenvalue weighted by Crippen LogP contribution is 2.29. The Morgan fingerprint density at radius 1 is 1.35 bits per heavy atom. The third-order valence-electron chi connectivity index (χ3n) is 4.60. The van der Waals surface area contributed by atoms with E-state index < -0.39 is 0 Å². The van der Waals surface area contributed by atoms with Gasteiger partial charge in [0.05, 0.1) is 13.2 Å². The Balaban J connectivity index is 1.60. The fourth-order valence-electron chi connectivity index (χ4n) is 3.30. The zero-order chi connectivity index (χ0) is 14.4. The van der Waals surface area contributed by atoms with Crippen molar-refractivity contribution >= 4 is 5.91 Å². The zero-order valence-electron chi connectivity index (χ0n) is 12.6. The zero-order valence-corrected chi connectivity index (χ0v) is 12.6. The average Bonchev–Trinajstić information content (AvgIpc) is 2.44. The summed E-state index contributed by atoms with van der Waals surface area (Å²) in [6, 6.07) is 0.287. The fourth-order valence-corrected chi connectivity index (χ4v) is 3.30. The van der Waals surface area contributed by atoms with Crippen molar-refractivity contribution in [3.63, 3.8) is 0 Å². The van der Waals surface area contributed by atoms with Crippen molar-refractivity contribution in [2.24, 2.45) is 17.6 Å². The van der Waals surface area contributed by atoms with Crippen molar-refractivity contribution in [1.82, 2.24) is 10.2 Å². The highest BCUT2D eigenvalue weighted by Gasteiger charge is 2.30. The number of hydrogen-bond acceptors (Lipinski definition) is 4. The van der Waals surface area contributed by atoms with Crippen molar-refractivity contribution in [1.29, 1.82) is 0 Å². The Morgan fingerprint density at radius 3 is 2.80 bits per heavy atom. The van der Waals surface area contributed by atoms with Crippen LogP contribution < -0.4 is 11.1 Å². The standard InChI is InChI=1S/C15H29N3O2/c1-12-11-13(16)3-4-14(12)15(19)17-5-2-6-18-7-9-20-10-8-18/h12-14H,2-11,16H2,1H3,(H,17,19). The first-order valence-electron chi connectivity index (χ1n) is 8.00. The van der Waals surface area contributed by atoms with Crippen LogP contribution in [0.4, 0.5) is 0 Å². The van der Waals surface area contributed by atoms with Gasteiger partial charge < -0.3 is 15.8 Å². The molecule has 1 saturated heterocycles. The van der Waals surface area contributed by atoms with Crippen LogP contribution in [0, 0.1) is 11.8 Å². The monoisotopic (exact) mass is 283 g/mol. The topological polar surface area (TPSA) is 67.6 Å². The molecular weight excluding hydrogens is 254 g/mol. The number of carbonyl (C=O) groups excluding carboxylic acids is 1. The molecule has 3 unspecified atom stereocenters. The third kappa shape index (κ3) is 4.72. The lowest BCUT2D eigenvalue weighted by Gasteiger charge is -2.31. The number of nitrogens with zero attached hydrogens (tertiary/aromatic N) is 1. The molecule has 0 aromatic heterocycles. The molecule has 0 bridgehead atoms. The summed E-state index contributed by atoms with van der Waals surface area (Å²) in [6.45, 7) is 7.70. The lowest BCUT2D eigenvalue weighted by atomic mass is 9.78. The molecule has 1 heterocycles. The van der Waals surface area contributed by atoms with E-state index in [1.54, 1.807) is 0 Å². The molecule has 0 aromatic carbocycles. The Labute approximate surface area is 122 Å². The lowest BCUT2D eigenvalue weighted by Crippen LogP contribution is -2.42. The Hall–Kier alpha value is -0.650. The smallest absolute Gasteiger partial charge is 0.223 e. The highest BCUT2D eigenvalue weighted by molar-refractivity contribution is 5.79. The molecule has 5 nitrogen and oxygen atoms in total. The van der Waals surface area contributed by atoms with Crippen molar-refractivity contribution in [3.8, 4) is 0 Å². The van der Waals surface area contributed by atoms with Crippen LogP contribution in [0.5, 0.6) is 0 Å². The minimum absolute atomic E-state index is 0.165. The molecule has 2 aliphatic rings. The van der Waals surface area contributed by atoms with Gasteiger partial charge in [-0.2, -0.15) is 0 Å². The van der Waals surface area contributed by atoms with Crippen LogP contribution in [0.1, 0.15) is 32.6 Å². The van der Waals surface area contributed by atoms with Crippen LogP contribution in [0.25, 0.3) is 0 Å². The quantitative estimate of drug-likeness (QED) is 0.725. The normalized spacial score (nSPS) is 32.0. The highest BCUT2D eigenvalue weighted by atomic mass is 16.5. The van der Waals surface area contributed by atoms with Gasteiger partial charge in [-0.1, -0.05) is 6.92 Å². The Morgan fingerprint density at radius 2 is 2.10 bits per heavy atom. The molecule has 5 heteroatoms. The van der Waals surface area contributed by atoms with E-state index in [2.05, 4.69) is 17.1 Å². The van der Waals surface area contributed by atoms with E-state index in [1.165, 1.54) is 0 Å². The summed E-state index contributed by atoms with van der Waals surface area (Å²) in [4.78, 5) is 14.6. The second kappa shape index (κ2) is 7.96. The van der Waals surface area contributed by atoms with E-state index in [4.69, 9.17) is 10.5 Å². The lowest BCUT2D eigenvalue weighted by molar-refractivity contribution is -0.127. The second-order valence-electron chi connectivity index (χ2n) is 6.26. The van der Waals surface area contributed by atoms with Gasteiger partial charge in [0, 0.05) is 31.6 Å². The second-order valence-corrected chi connectivity index (χ2v) is 6.26. The number of nitrogens with two attached hydrogens (primary N) is 1. The van der Waals surface area contributed by atoms with E-state index in [0.717, 1.165) is 65.1 Å². The number of hydrogen-bond donors (Lipinski definition) is 2. The molecule has 0 spiro atoms. The number of amides is 1. The predicted molar refractivity (Wildman–Crippen MR) is 79.4 cm³/mol. The van der Waals surface area contributed by atoms with Gasteiger partial charge in [-0.25, -0.2) is 0 Å². The molecular formula is C15H29N3O2. The van der Waals surface area contributed by atoms with E-state index in [-0.39, 0.29) is 17.9 Å². The first kappa shape index (κ1) is 15.7. The maximum Gasteiger partial charge on any atom is 0.223 e. The minimum Gasteiger partial charge on any atom is -0.379 e. The maximum absolute atomic E-state index is 12.2. The number of nitrogens with one attached hydrogen (secondary N) is 1. The predicted octanol–water partition coefficient (Wildman–Crippen LogP) is 0.588. The first-order valence-corrected chi connectivity index (χ1v) is 8.00. The number of rotatable bonds is 5. The molecule has 0 aromatic rings. The van der Waals surface area contributed by atoms with Crippen molar-refractivity contribution in [3.05, 3.63) is 0 Å². The average molecular weight is 283 g/mol. The van der Waals surface area contributed by atoms with E-state index >= 15 is 0 Å². The van der Waals surface area contributed by atoms with Crippen LogP contribution in [-0.2, 0) is 9.53 Å². The summed E-state index contributed by atoms with van der Waals surface area (Å²) in [6.07, 6.45) is 3.92.